The standard InChI is InChI=1S/C29H39FN6O2/c1-19-14-34(23(13-31-19)15-35-17-28(2,3)12-25(35)37)16-26(38)36-18-29(4,5)27-24(36)11-22(32-33-27)10-20-6-8-21(30)9-7-20/h6-9,11,19,23,31H,10,12-18H2,1-5H3/t19-,23-/m1/s1. The van der Waals surface area contributed by atoms with Crippen LogP contribution in [0, 0.1) is 11.2 Å². The number of hydrogen-bond donors (Lipinski definition) is 1. The number of fused-ring (bicyclic) bond motifs is 1. The van der Waals surface area contributed by atoms with E-state index >= 15 is 0 Å². The van der Waals surface area contributed by atoms with Crippen LogP contribution in [0.2, 0.25) is 0 Å². The number of carbonyl (C=O) groups excluding carboxylic acids is 2. The second-order valence-electron chi connectivity index (χ2n) is 12.7. The number of aromatic nitrogens is 2. The molecule has 0 bridgehead atoms. The Labute approximate surface area is 224 Å². The maximum absolute atomic E-state index is 13.8. The van der Waals surface area contributed by atoms with Crippen LogP contribution in [-0.2, 0) is 21.4 Å². The van der Waals surface area contributed by atoms with Gasteiger partial charge >= 0.3 is 0 Å². The lowest BCUT2D eigenvalue weighted by Gasteiger charge is -2.41. The first-order chi connectivity index (χ1) is 17.9. The Morgan fingerprint density at radius 3 is 2.55 bits per heavy atom. The van der Waals surface area contributed by atoms with Crippen molar-refractivity contribution in [2.75, 3.05) is 44.2 Å². The molecule has 38 heavy (non-hydrogen) atoms. The molecule has 1 aromatic heterocycles. The summed E-state index contributed by atoms with van der Waals surface area (Å²) in [5.41, 5.74) is 3.00. The van der Waals surface area contributed by atoms with E-state index in [0.717, 1.165) is 42.3 Å². The molecule has 2 amide bonds. The van der Waals surface area contributed by atoms with E-state index in [1.54, 1.807) is 12.1 Å². The molecule has 4 heterocycles. The summed E-state index contributed by atoms with van der Waals surface area (Å²) < 4.78 is 13.3. The van der Waals surface area contributed by atoms with E-state index in [1.165, 1.54) is 12.1 Å². The van der Waals surface area contributed by atoms with E-state index in [1.807, 2.05) is 15.9 Å². The smallest absolute Gasteiger partial charge is 0.241 e. The zero-order valence-corrected chi connectivity index (χ0v) is 23.1. The predicted molar refractivity (Wildman–Crippen MR) is 144 cm³/mol. The minimum absolute atomic E-state index is 0.00931. The molecular weight excluding hydrogens is 483 g/mol. The van der Waals surface area contributed by atoms with Crippen LogP contribution in [0.1, 0.15) is 58.0 Å². The van der Waals surface area contributed by atoms with Crippen molar-refractivity contribution in [3.05, 3.63) is 53.1 Å². The Hall–Kier alpha value is -2.91. The summed E-state index contributed by atoms with van der Waals surface area (Å²) in [7, 11) is 0. The summed E-state index contributed by atoms with van der Waals surface area (Å²) >= 11 is 0. The van der Waals surface area contributed by atoms with E-state index in [9.17, 15) is 14.0 Å². The molecule has 0 saturated carbocycles. The Balaban J connectivity index is 1.33. The van der Waals surface area contributed by atoms with Gasteiger partial charge in [0.05, 0.1) is 23.6 Å². The first-order valence-electron chi connectivity index (χ1n) is 13.6. The zero-order chi connectivity index (χ0) is 27.2. The SMILES string of the molecule is C[C@@H]1CN(CC(=O)N2CC(C)(C)c3nnc(Cc4ccc(F)cc4)cc32)[C@@H](CN2CC(C)(C)CC2=O)CN1. The number of carbonyl (C=O) groups is 2. The summed E-state index contributed by atoms with van der Waals surface area (Å²) in [6, 6.07) is 8.67. The van der Waals surface area contributed by atoms with Crippen LogP contribution < -0.4 is 10.2 Å². The van der Waals surface area contributed by atoms with Gasteiger partial charge < -0.3 is 15.1 Å². The van der Waals surface area contributed by atoms with Crippen LogP contribution in [0.4, 0.5) is 10.1 Å². The summed E-state index contributed by atoms with van der Waals surface area (Å²) in [5, 5.41) is 12.5. The number of rotatable bonds is 6. The Morgan fingerprint density at radius 2 is 1.87 bits per heavy atom. The predicted octanol–water partition coefficient (Wildman–Crippen LogP) is 2.75. The van der Waals surface area contributed by atoms with Crippen molar-refractivity contribution in [2.24, 2.45) is 5.41 Å². The van der Waals surface area contributed by atoms with Gasteiger partial charge in [0.1, 0.15) is 5.82 Å². The Bertz CT molecular complexity index is 1210. The second-order valence-corrected chi connectivity index (χ2v) is 12.7. The quantitative estimate of drug-likeness (QED) is 0.629. The number of piperazine rings is 1. The van der Waals surface area contributed by atoms with Crippen molar-refractivity contribution in [3.8, 4) is 0 Å². The Morgan fingerprint density at radius 1 is 1.13 bits per heavy atom. The highest BCUT2D eigenvalue weighted by molar-refractivity contribution is 5.97. The van der Waals surface area contributed by atoms with E-state index in [-0.39, 0.29) is 47.1 Å². The van der Waals surface area contributed by atoms with Crippen molar-refractivity contribution in [2.45, 2.75) is 65.0 Å². The fourth-order valence-electron chi connectivity index (χ4n) is 6.05. The number of likely N-dealkylation sites (tertiary alicyclic amines) is 1. The molecule has 0 aliphatic carbocycles. The maximum atomic E-state index is 13.8. The van der Waals surface area contributed by atoms with Crippen molar-refractivity contribution < 1.29 is 14.0 Å². The molecule has 8 nitrogen and oxygen atoms in total. The van der Waals surface area contributed by atoms with Crippen molar-refractivity contribution in [1.82, 2.24) is 25.3 Å². The zero-order valence-electron chi connectivity index (χ0n) is 23.1. The molecule has 2 atom stereocenters. The van der Waals surface area contributed by atoms with Gasteiger partial charge in [-0.3, -0.25) is 14.5 Å². The largest absolute Gasteiger partial charge is 0.341 e. The molecule has 5 rings (SSSR count). The summed E-state index contributed by atoms with van der Waals surface area (Å²) in [4.78, 5) is 32.5. The molecule has 0 unspecified atom stereocenters. The van der Waals surface area contributed by atoms with Crippen LogP contribution in [0.15, 0.2) is 30.3 Å². The van der Waals surface area contributed by atoms with Crippen molar-refractivity contribution >= 4 is 17.5 Å². The third-order valence-corrected chi connectivity index (χ3v) is 8.01. The van der Waals surface area contributed by atoms with Gasteiger partial charge in [0, 0.05) is 63.1 Å². The third kappa shape index (κ3) is 5.59. The molecule has 1 aromatic carbocycles. The van der Waals surface area contributed by atoms with E-state index in [2.05, 4.69) is 55.0 Å². The third-order valence-electron chi connectivity index (χ3n) is 8.01. The van der Waals surface area contributed by atoms with Gasteiger partial charge in [0.25, 0.3) is 0 Å². The number of benzene rings is 1. The van der Waals surface area contributed by atoms with Gasteiger partial charge in [0.2, 0.25) is 11.8 Å². The summed E-state index contributed by atoms with van der Waals surface area (Å²) in [6.45, 7) is 14.3. The number of amides is 2. The molecule has 1 N–H and O–H groups in total. The normalized spacial score (nSPS) is 24.6. The monoisotopic (exact) mass is 522 g/mol. The number of halogens is 1. The molecule has 204 valence electrons. The van der Waals surface area contributed by atoms with Crippen LogP contribution in [0.3, 0.4) is 0 Å². The molecule has 2 saturated heterocycles. The average Bonchev–Trinajstić information content (AvgIpc) is 3.27. The minimum Gasteiger partial charge on any atom is -0.341 e. The van der Waals surface area contributed by atoms with Crippen LogP contribution in [-0.4, -0.2) is 83.2 Å². The van der Waals surface area contributed by atoms with Gasteiger partial charge in [0.15, 0.2) is 0 Å². The van der Waals surface area contributed by atoms with E-state index in [4.69, 9.17) is 0 Å². The molecule has 9 heteroatoms. The molecule has 0 radical (unpaired) electrons. The molecule has 3 aliphatic heterocycles. The lowest BCUT2D eigenvalue weighted by atomic mass is 9.91. The van der Waals surface area contributed by atoms with Gasteiger partial charge in [-0.2, -0.15) is 10.2 Å². The number of anilines is 1. The fraction of sp³-hybridized carbons (Fsp3) is 0.586. The van der Waals surface area contributed by atoms with Crippen LogP contribution in [0.25, 0.3) is 0 Å². The number of nitrogens with one attached hydrogen (secondary N) is 1. The van der Waals surface area contributed by atoms with Crippen molar-refractivity contribution in [3.63, 3.8) is 0 Å². The van der Waals surface area contributed by atoms with E-state index in [0.29, 0.717) is 25.9 Å². The van der Waals surface area contributed by atoms with Crippen molar-refractivity contribution in [1.29, 1.82) is 0 Å². The van der Waals surface area contributed by atoms with Gasteiger partial charge in [-0.15, -0.1) is 0 Å². The molecule has 2 aromatic rings. The summed E-state index contributed by atoms with van der Waals surface area (Å²) in [5.74, 6) is -0.0437. The topological polar surface area (TPSA) is 81.7 Å². The highest BCUT2D eigenvalue weighted by Crippen LogP contribution is 2.39. The molecular formula is C29H39FN6O2. The molecule has 2 fully saturated rings. The molecule has 0 spiro atoms. The van der Waals surface area contributed by atoms with Gasteiger partial charge in [-0.25, -0.2) is 4.39 Å². The number of hydrogen-bond acceptors (Lipinski definition) is 6. The maximum Gasteiger partial charge on any atom is 0.241 e. The Kier molecular flexibility index (Phi) is 7.02. The number of nitrogens with zero attached hydrogens (tertiary/aromatic N) is 5. The first-order valence-corrected chi connectivity index (χ1v) is 13.6. The second kappa shape index (κ2) is 10.0. The van der Waals surface area contributed by atoms with Gasteiger partial charge in [-0.1, -0.05) is 39.8 Å². The highest BCUT2D eigenvalue weighted by Gasteiger charge is 2.42. The average molecular weight is 523 g/mol. The van der Waals surface area contributed by atoms with Gasteiger partial charge in [-0.05, 0) is 36.1 Å². The highest BCUT2D eigenvalue weighted by atomic mass is 19.1. The minimum atomic E-state index is -0.309. The fourth-order valence-corrected chi connectivity index (χ4v) is 6.05. The molecule has 3 aliphatic rings. The van der Waals surface area contributed by atoms with E-state index < -0.39 is 0 Å². The lowest BCUT2D eigenvalue weighted by molar-refractivity contribution is -0.128. The van der Waals surface area contributed by atoms with Crippen LogP contribution >= 0.6 is 0 Å². The first kappa shape index (κ1) is 26.7. The lowest BCUT2D eigenvalue weighted by Crippen LogP contribution is -2.61. The van der Waals surface area contributed by atoms with Crippen LogP contribution in [0.5, 0.6) is 0 Å². The summed E-state index contributed by atoms with van der Waals surface area (Å²) in [6.07, 6.45) is 1.09.